The first kappa shape index (κ1) is 18.1. The summed E-state index contributed by atoms with van der Waals surface area (Å²) in [5.41, 5.74) is 6.97. The van der Waals surface area contributed by atoms with E-state index in [1.54, 1.807) is 11.3 Å². The molecule has 5 heteroatoms. The van der Waals surface area contributed by atoms with Gasteiger partial charge in [-0.1, -0.05) is 36.4 Å². The molecular weight excluding hydrogens is 380 g/mol. The Kier molecular flexibility index (Phi) is 4.47. The van der Waals surface area contributed by atoms with Crippen molar-refractivity contribution in [3.8, 4) is 10.4 Å². The highest BCUT2D eigenvalue weighted by Gasteiger charge is 2.23. The molecule has 2 aromatic carbocycles. The number of rotatable bonds is 3. The molecule has 1 aromatic heterocycles. The molecule has 29 heavy (non-hydrogen) atoms. The SMILES string of the molecule is CC(NC(=O)c1cc2c(s1)-c1ccccc1CC2)c1ccc2c(c1)CCC(=O)N2. The Labute approximate surface area is 174 Å². The number of hydrogen-bond acceptors (Lipinski definition) is 3. The molecule has 1 aliphatic heterocycles. The third kappa shape index (κ3) is 3.36. The first-order valence-corrected chi connectivity index (χ1v) is 10.8. The lowest BCUT2D eigenvalue weighted by molar-refractivity contribution is -0.116. The first-order valence-electron chi connectivity index (χ1n) is 10.0. The van der Waals surface area contributed by atoms with Crippen molar-refractivity contribution in [2.75, 3.05) is 5.32 Å². The van der Waals surface area contributed by atoms with Crippen LogP contribution in [-0.2, 0) is 24.1 Å². The molecule has 0 saturated heterocycles. The second-order valence-electron chi connectivity index (χ2n) is 7.78. The van der Waals surface area contributed by atoms with Crippen LogP contribution in [0.3, 0.4) is 0 Å². The lowest BCUT2D eigenvalue weighted by Gasteiger charge is -2.20. The molecule has 1 unspecified atom stereocenters. The summed E-state index contributed by atoms with van der Waals surface area (Å²) in [7, 11) is 0. The highest BCUT2D eigenvalue weighted by Crippen LogP contribution is 2.39. The molecule has 5 rings (SSSR count). The monoisotopic (exact) mass is 402 g/mol. The Morgan fingerprint density at radius 1 is 1.00 bits per heavy atom. The third-order valence-corrected chi connectivity index (χ3v) is 7.04. The van der Waals surface area contributed by atoms with E-state index in [0.29, 0.717) is 6.42 Å². The van der Waals surface area contributed by atoms with Gasteiger partial charge in [0.2, 0.25) is 5.91 Å². The van der Waals surface area contributed by atoms with Crippen LogP contribution in [0.15, 0.2) is 48.5 Å². The molecule has 4 nitrogen and oxygen atoms in total. The van der Waals surface area contributed by atoms with Gasteiger partial charge in [0, 0.05) is 17.0 Å². The molecule has 0 fully saturated rings. The fourth-order valence-electron chi connectivity index (χ4n) is 4.21. The van der Waals surface area contributed by atoms with Crippen LogP contribution in [0, 0.1) is 0 Å². The summed E-state index contributed by atoms with van der Waals surface area (Å²) in [4.78, 5) is 26.5. The average Bonchev–Trinajstić information content (AvgIpc) is 3.18. The van der Waals surface area contributed by atoms with Gasteiger partial charge in [-0.25, -0.2) is 0 Å². The van der Waals surface area contributed by atoms with E-state index in [1.807, 2.05) is 19.1 Å². The van der Waals surface area contributed by atoms with E-state index in [9.17, 15) is 9.59 Å². The minimum Gasteiger partial charge on any atom is -0.345 e. The predicted octanol–water partition coefficient (Wildman–Crippen LogP) is 4.89. The molecule has 146 valence electrons. The first-order chi connectivity index (χ1) is 14.1. The average molecular weight is 403 g/mol. The number of carbonyl (C=O) groups excluding carboxylic acids is 2. The van der Waals surface area contributed by atoms with E-state index < -0.39 is 0 Å². The summed E-state index contributed by atoms with van der Waals surface area (Å²) in [5, 5.41) is 6.05. The maximum Gasteiger partial charge on any atom is 0.261 e. The number of thiophene rings is 1. The van der Waals surface area contributed by atoms with Crippen LogP contribution in [0.5, 0.6) is 0 Å². The largest absolute Gasteiger partial charge is 0.345 e. The zero-order valence-corrected chi connectivity index (χ0v) is 17.1. The quantitative estimate of drug-likeness (QED) is 0.655. The van der Waals surface area contributed by atoms with Crippen molar-refractivity contribution >= 4 is 28.8 Å². The molecule has 0 radical (unpaired) electrons. The van der Waals surface area contributed by atoms with E-state index in [-0.39, 0.29) is 17.9 Å². The fourth-order valence-corrected chi connectivity index (χ4v) is 5.38. The lowest BCUT2D eigenvalue weighted by Crippen LogP contribution is -2.26. The highest BCUT2D eigenvalue weighted by molar-refractivity contribution is 7.17. The zero-order chi connectivity index (χ0) is 20.0. The maximum atomic E-state index is 12.9. The van der Waals surface area contributed by atoms with Gasteiger partial charge in [0.05, 0.1) is 10.9 Å². The number of fused-ring (bicyclic) bond motifs is 4. The fraction of sp³-hybridized carbons (Fsp3) is 0.250. The summed E-state index contributed by atoms with van der Waals surface area (Å²) in [6, 6.07) is 16.4. The molecule has 2 aliphatic rings. The number of nitrogens with one attached hydrogen (secondary N) is 2. The molecule has 0 saturated carbocycles. The van der Waals surface area contributed by atoms with Crippen LogP contribution in [0.1, 0.15) is 51.3 Å². The molecule has 1 atom stereocenters. The van der Waals surface area contributed by atoms with Crippen molar-refractivity contribution in [2.45, 2.75) is 38.6 Å². The zero-order valence-electron chi connectivity index (χ0n) is 16.2. The van der Waals surface area contributed by atoms with Gasteiger partial charge in [-0.3, -0.25) is 9.59 Å². The minimum atomic E-state index is -0.100. The Morgan fingerprint density at radius 3 is 2.69 bits per heavy atom. The Balaban J connectivity index is 1.35. The van der Waals surface area contributed by atoms with Crippen LogP contribution < -0.4 is 10.6 Å². The van der Waals surface area contributed by atoms with Gasteiger partial charge in [0.25, 0.3) is 5.91 Å². The van der Waals surface area contributed by atoms with Crippen LogP contribution in [0.2, 0.25) is 0 Å². The van der Waals surface area contributed by atoms with Crippen LogP contribution in [0.4, 0.5) is 5.69 Å². The minimum absolute atomic E-state index is 0.0274. The molecule has 3 aromatic rings. The van der Waals surface area contributed by atoms with Crippen molar-refractivity contribution in [2.24, 2.45) is 0 Å². The number of aryl methyl sites for hydroxylation is 3. The maximum absolute atomic E-state index is 12.9. The smallest absolute Gasteiger partial charge is 0.261 e. The normalized spacial score (nSPS) is 15.6. The van der Waals surface area contributed by atoms with Gasteiger partial charge in [-0.15, -0.1) is 11.3 Å². The van der Waals surface area contributed by atoms with Crippen molar-refractivity contribution in [3.05, 3.63) is 75.7 Å². The highest BCUT2D eigenvalue weighted by atomic mass is 32.1. The molecule has 1 aliphatic carbocycles. The summed E-state index contributed by atoms with van der Waals surface area (Å²) in [6.07, 6.45) is 3.28. The van der Waals surface area contributed by atoms with Gasteiger partial charge < -0.3 is 10.6 Å². The number of hydrogen-bond donors (Lipinski definition) is 2. The van der Waals surface area contributed by atoms with Gasteiger partial charge >= 0.3 is 0 Å². The predicted molar refractivity (Wildman–Crippen MR) is 116 cm³/mol. The number of anilines is 1. The summed E-state index contributed by atoms with van der Waals surface area (Å²) < 4.78 is 0. The Hall–Kier alpha value is -2.92. The van der Waals surface area contributed by atoms with E-state index in [0.717, 1.165) is 41.0 Å². The molecular formula is C24H22N2O2S. The molecule has 2 amide bonds. The van der Waals surface area contributed by atoms with Gasteiger partial charge in [0.1, 0.15) is 0 Å². The van der Waals surface area contributed by atoms with Crippen LogP contribution in [-0.4, -0.2) is 11.8 Å². The Bertz CT molecular complexity index is 1130. The second kappa shape index (κ2) is 7.16. The van der Waals surface area contributed by atoms with Crippen LogP contribution in [0.25, 0.3) is 10.4 Å². The molecule has 0 bridgehead atoms. The Morgan fingerprint density at radius 2 is 1.79 bits per heavy atom. The van der Waals surface area contributed by atoms with E-state index in [2.05, 4.69) is 47.0 Å². The van der Waals surface area contributed by atoms with Gasteiger partial charge in [-0.05, 0) is 66.1 Å². The van der Waals surface area contributed by atoms with E-state index in [4.69, 9.17) is 0 Å². The van der Waals surface area contributed by atoms with E-state index >= 15 is 0 Å². The van der Waals surface area contributed by atoms with E-state index in [1.165, 1.54) is 21.6 Å². The van der Waals surface area contributed by atoms with Crippen molar-refractivity contribution in [1.29, 1.82) is 0 Å². The topological polar surface area (TPSA) is 58.2 Å². The number of amides is 2. The summed E-state index contributed by atoms with van der Waals surface area (Å²) in [5.74, 6) is 0.0373. The van der Waals surface area contributed by atoms with Crippen molar-refractivity contribution in [3.63, 3.8) is 0 Å². The van der Waals surface area contributed by atoms with Crippen LogP contribution >= 0.6 is 11.3 Å². The molecule has 2 heterocycles. The standard InChI is InChI=1S/C24H22N2O2S/c1-14(16-8-10-20-17(12-16)9-11-22(27)26-20)25-24(28)21-13-18-7-6-15-4-2-3-5-19(15)23(18)29-21/h2-5,8,10,12-14H,6-7,9,11H2,1H3,(H,25,28)(H,26,27). The second-order valence-corrected chi connectivity index (χ2v) is 8.83. The van der Waals surface area contributed by atoms with Crippen molar-refractivity contribution < 1.29 is 9.59 Å². The summed E-state index contributed by atoms with van der Waals surface area (Å²) >= 11 is 1.59. The molecule has 0 spiro atoms. The number of benzene rings is 2. The van der Waals surface area contributed by atoms with Crippen molar-refractivity contribution in [1.82, 2.24) is 5.32 Å². The lowest BCUT2D eigenvalue weighted by atomic mass is 9.91. The summed E-state index contributed by atoms with van der Waals surface area (Å²) in [6.45, 7) is 2.00. The molecule has 2 N–H and O–H groups in total. The van der Waals surface area contributed by atoms with Gasteiger partial charge in [-0.2, -0.15) is 0 Å². The third-order valence-electron chi connectivity index (χ3n) is 5.83. The number of carbonyl (C=O) groups is 2. The van der Waals surface area contributed by atoms with Gasteiger partial charge in [0.15, 0.2) is 0 Å².